The summed E-state index contributed by atoms with van der Waals surface area (Å²) in [5.41, 5.74) is 1.58. The van der Waals surface area contributed by atoms with E-state index in [1.54, 1.807) is 0 Å². The number of hydrogen-bond acceptors (Lipinski definition) is 4. The Morgan fingerprint density at radius 3 is 1.69 bits per heavy atom. The summed E-state index contributed by atoms with van der Waals surface area (Å²) in [5.74, 6) is 0. The molecular weight excluding hydrogens is 200 g/mol. The van der Waals surface area contributed by atoms with E-state index in [9.17, 15) is 0 Å². The minimum Gasteiger partial charge on any atom is -0.282 e. The van der Waals surface area contributed by atoms with Crippen LogP contribution in [-0.2, 0) is 0 Å². The molecule has 0 amide bonds. The van der Waals surface area contributed by atoms with Crippen LogP contribution >= 0.6 is 0 Å². The summed E-state index contributed by atoms with van der Waals surface area (Å²) in [7, 11) is 0. The van der Waals surface area contributed by atoms with Gasteiger partial charge in [0.05, 0.1) is 49.5 Å². The fourth-order valence-electron chi connectivity index (χ4n) is 1.18. The van der Waals surface area contributed by atoms with E-state index in [-0.39, 0.29) is 0 Å². The summed E-state index contributed by atoms with van der Waals surface area (Å²) >= 11 is 0. The predicted molar refractivity (Wildman–Crippen MR) is 63.3 cm³/mol. The van der Waals surface area contributed by atoms with Gasteiger partial charge >= 0.3 is 0 Å². The van der Waals surface area contributed by atoms with Gasteiger partial charge in [-0.1, -0.05) is 12.2 Å². The lowest BCUT2D eigenvalue weighted by molar-refractivity contribution is 1.01. The highest BCUT2D eigenvalue weighted by Crippen LogP contribution is 2.00. The highest BCUT2D eigenvalue weighted by atomic mass is 14.8. The maximum Gasteiger partial charge on any atom is 0.0826 e. The molecule has 0 N–H and O–H groups in total. The van der Waals surface area contributed by atoms with Crippen LogP contribution in [0.4, 0.5) is 0 Å². The molecule has 0 fully saturated rings. The SMILES string of the molecule is N#CCCN=C1C=CC=CC1=NCCC#N. The van der Waals surface area contributed by atoms with Crippen molar-refractivity contribution in [2.45, 2.75) is 12.8 Å². The van der Waals surface area contributed by atoms with E-state index >= 15 is 0 Å². The topological polar surface area (TPSA) is 72.3 Å². The number of nitriles is 2. The summed E-state index contributed by atoms with van der Waals surface area (Å²) in [4.78, 5) is 8.55. The normalized spacial score (nSPS) is 18.6. The summed E-state index contributed by atoms with van der Waals surface area (Å²) in [6, 6.07) is 4.08. The van der Waals surface area contributed by atoms with Crippen LogP contribution in [0, 0.1) is 22.7 Å². The molecule has 0 aromatic rings. The largest absolute Gasteiger partial charge is 0.282 e. The van der Waals surface area contributed by atoms with Gasteiger partial charge in [-0.15, -0.1) is 0 Å². The standard InChI is InChI=1S/C12H12N4/c13-7-3-9-15-11-5-1-2-6-12(11)16-10-4-8-14/h1-2,5-6H,3-4,9-10H2. The maximum atomic E-state index is 8.42. The van der Waals surface area contributed by atoms with Crippen molar-refractivity contribution in [3.05, 3.63) is 24.3 Å². The molecule has 1 aliphatic carbocycles. The number of nitrogens with zero attached hydrogens (tertiary/aromatic N) is 4. The highest BCUT2D eigenvalue weighted by Gasteiger charge is 2.04. The molecule has 1 rings (SSSR count). The first-order valence-electron chi connectivity index (χ1n) is 5.06. The van der Waals surface area contributed by atoms with Gasteiger partial charge in [-0.05, 0) is 12.2 Å². The van der Waals surface area contributed by atoms with Gasteiger partial charge in [0, 0.05) is 0 Å². The third-order valence-corrected chi connectivity index (χ3v) is 1.89. The van der Waals surface area contributed by atoms with E-state index in [1.807, 2.05) is 36.4 Å². The first kappa shape index (κ1) is 11.9. The molecule has 1 aliphatic rings. The van der Waals surface area contributed by atoms with Crippen molar-refractivity contribution in [1.29, 1.82) is 10.5 Å². The van der Waals surface area contributed by atoms with Gasteiger partial charge in [0.15, 0.2) is 0 Å². The van der Waals surface area contributed by atoms with Crippen LogP contribution in [0.2, 0.25) is 0 Å². The van der Waals surface area contributed by atoms with Crippen molar-refractivity contribution in [2.75, 3.05) is 13.1 Å². The fraction of sp³-hybridized carbons (Fsp3) is 0.333. The molecule has 0 unspecified atom stereocenters. The molecular formula is C12H12N4. The maximum absolute atomic E-state index is 8.42. The molecule has 0 bridgehead atoms. The van der Waals surface area contributed by atoms with Gasteiger partial charge in [0.1, 0.15) is 0 Å². The van der Waals surface area contributed by atoms with Crippen LogP contribution in [0.3, 0.4) is 0 Å². The van der Waals surface area contributed by atoms with Crippen molar-refractivity contribution >= 4 is 11.4 Å². The Morgan fingerprint density at radius 1 is 0.875 bits per heavy atom. The average Bonchev–Trinajstić information content (AvgIpc) is 2.32. The van der Waals surface area contributed by atoms with Crippen molar-refractivity contribution in [1.82, 2.24) is 0 Å². The number of hydrogen-bond donors (Lipinski definition) is 0. The second-order valence-corrected chi connectivity index (χ2v) is 3.07. The molecule has 4 nitrogen and oxygen atoms in total. The van der Waals surface area contributed by atoms with Gasteiger partial charge in [0.2, 0.25) is 0 Å². The molecule has 0 atom stereocenters. The Morgan fingerprint density at radius 2 is 1.31 bits per heavy atom. The monoisotopic (exact) mass is 212 g/mol. The van der Waals surface area contributed by atoms with Crippen molar-refractivity contribution in [2.24, 2.45) is 9.98 Å². The van der Waals surface area contributed by atoms with E-state index < -0.39 is 0 Å². The molecule has 0 radical (unpaired) electrons. The van der Waals surface area contributed by atoms with Crippen molar-refractivity contribution in [3.8, 4) is 12.1 Å². The Balaban J connectivity index is 2.67. The van der Waals surface area contributed by atoms with E-state index in [0.29, 0.717) is 25.9 Å². The number of rotatable bonds is 4. The van der Waals surface area contributed by atoms with Gasteiger partial charge in [-0.2, -0.15) is 10.5 Å². The van der Waals surface area contributed by atoms with Crippen LogP contribution in [0.5, 0.6) is 0 Å². The second-order valence-electron chi connectivity index (χ2n) is 3.07. The molecule has 0 aromatic heterocycles. The Bertz CT molecular complexity index is 385. The molecule has 0 spiro atoms. The summed E-state index contributed by atoms with van der Waals surface area (Å²) in [6.07, 6.45) is 8.31. The van der Waals surface area contributed by atoms with Gasteiger partial charge < -0.3 is 0 Å². The molecule has 0 saturated heterocycles. The molecule has 4 heteroatoms. The van der Waals surface area contributed by atoms with Crippen LogP contribution in [-0.4, -0.2) is 24.5 Å². The number of allylic oxidation sites excluding steroid dienone is 4. The van der Waals surface area contributed by atoms with Gasteiger partial charge in [0.25, 0.3) is 0 Å². The minimum atomic E-state index is 0.409. The zero-order chi connectivity index (χ0) is 11.6. The van der Waals surface area contributed by atoms with E-state index in [1.165, 1.54) is 0 Å². The first-order chi connectivity index (χ1) is 7.88. The molecule has 0 saturated carbocycles. The second kappa shape index (κ2) is 7.14. The first-order valence-corrected chi connectivity index (χ1v) is 5.06. The summed E-state index contributed by atoms with van der Waals surface area (Å²) in [5, 5.41) is 16.8. The lowest BCUT2D eigenvalue weighted by Gasteiger charge is -2.04. The van der Waals surface area contributed by atoms with E-state index in [2.05, 4.69) is 9.98 Å². The predicted octanol–water partition coefficient (Wildman–Crippen LogP) is 1.82. The van der Waals surface area contributed by atoms with Crippen molar-refractivity contribution < 1.29 is 0 Å². The highest BCUT2D eigenvalue weighted by molar-refractivity contribution is 6.51. The van der Waals surface area contributed by atoms with E-state index in [0.717, 1.165) is 11.4 Å². The van der Waals surface area contributed by atoms with Crippen LogP contribution < -0.4 is 0 Å². The minimum absolute atomic E-state index is 0.409. The third-order valence-electron chi connectivity index (χ3n) is 1.89. The van der Waals surface area contributed by atoms with Gasteiger partial charge in [-0.3, -0.25) is 9.98 Å². The van der Waals surface area contributed by atoms with Crippen molar-refractivity contribution in [3.63, 3.8) is 0 Å². The van der Waals surface area contributed by atoms with Crippen LogP contribution in [0.15, 0.2) is 34.3 Å². The lowest BCUT2D eigenvalue weighted by Crippen LogP contribution is -2.12. The van der Waals surface area contributed by atoms with Crippen LogP contribution in [0.25, 0.3) is 0 Å². The third kappa shape index (κ3) is 3.89. The fourth-order valence-corrected chi connectivity index (χ4v) is 1.18. The average molecular weight is 212 g/mol. The molecule has 0 aromatic carbocycles. The Kier molecular flexibility index (Phi) is 5.30. The molecule has 0 aliphatic heterocycles. The lowest BCUT2D eigenvalue weighted by atomic mass is 10.1. The molecule has 80 valence electrons. The Hall–Kier alpha value is -2.20. The molecule has 0 heterocycles. The summed E-state index contributed by atoms with van der Waals surface area (Å²) in [6.45, 7) is 0.975. The van der Waals surface area contributed by atoms with Gasteiger partial charge in [-0.25, -0.2) is 0 Å². The Labute approximate surface area is 94.9 Å². The molecule has 16 heavy (non-hydrogen) atoms. The number of aliphatic imine (C=N–C) groups is 2. The van der Waals surface area contributed by atoms with Crippen LogP contribution in [0.1, 0.15) is 12.8 Å². The van der Waals surface area contributed by atoms with E-state index in [4.69, 9.17) is 10.5 Å². The summed E-state index contributed by atoms with van der Waals surface area (Å²) < 4.78 is 0. The zero-order valence-corrected chi connectivity index (χ0v) is 8.93. The zero-order valence-electron chi connectivity index (χ0n) is 8.93. The quantitative estimate of drug-likeness (QED) is 0.526. The smallest absolute Gasteiger partial charge is 0.0826 e.